The molecule has 2 rings (SSSR count). The monoisotopic (exact) mass is 217 g/mol. The van der Waals surface area contributed by atoms with Crippen molar-refractivity contribution in [3.8, 4) is 0 Å². The van der Waals surface area contributed by atoms with Gasteiger partial charge in [-0.05, 0) is 11.5 Å². The molecule has 0 aliphatic rings. The van der Waals surface area contributed by atoms with Crippen molar-refractivity contribution < 1.29 is 4.79 Å². The number of aromatic nitrogens is 2. The van der Waals surface area contributed by atoms with Crippen LogP contribution in [-0.2, 0) is 5.41 Å². The lowest BCUT2D eigenvalue weighted by Crippen LogP contribution is -2.17. The second-order valence-electron chi connectivity index (χ2n) is 4.91. The Morgan fingerprint density at radius 2 is 2.12 bits per heavy atom. The van der Waals surface area contributed by atoms with E-state index in [4.69, 9.17) is 5.73 Å². The van der Waals surface area contributed by atoms with Crippen LogP contribution >= 0.6 is 0 Å². The standard InChI is InChI=1S/C12H15N3O/c1-12(2,3)9-6-8(10(13)16)7-15-5-4-14-11(9)15/h4-7H,1-3H3,(H2,13,16). The molecule has 0 aromatic carbocycles. The van der Waals surface area contributed by atoms with Crippen LogP contribution in [0.15, 0.2) is 24.7 Å². The second kappa shape index (κ2) is 3.33. The van der Waals surface area contributed by atoms with E-state index in [0.29, 0.717) is 5.56 Å². The summed E-state index contributed by atoms with van der Waals surface area (Å²) < 4.78 is 1.83. The van der Waals surface area contributed by atoms with Crippen LogP contribution in [0.25, 0.3) is 5.65 Å². The zero-order chi connectivity index (χ0) is 11.9. The molecule has 1 amide bonds. The van der Waals surface area contributed by atoms with Crippen LogP contribution in [-0.4, -0.2) is 15.3 Å². The summed E-state index contributed by atoms with van der Waals surface area (Å²) in [7, 11) is 0. The van der Waals surface area contributed by atoms with E-state index >= 15 is 0 Å². The van der Waals surface area contributed by atoms with Gasteiger partial charge in [0.1, 0.15) is 5.65 Å². The lowest BCUT2D eigenvalue weighted by Gasteiger charge is -2.20. The van der Waals surface area contributed by atoms with Crippen LogP contribution in [0.5, 0.6) is 0 Å². The minimum atomic E-state index is -0.416. The molecule has 0 unspecified atom stereocenters. The molecule has 2 heterocycles. The first-order valence-corrected chi connectivity index (χ1v) is 5.16. The van der Waals surface area contributed by atoms with Gasteiger partial charge < -0.3 is 10.1 Å². The van der Waals surface area contributed by atoms with Crippen LogP contribution < -0.4 is 5.73 Å². The molecule has 0 fully saturated rings. The normalized spacial score (nSPS) is 11.9. The fourth-order valence-corrected chi connectivity index (χ4v) is 1.72. The Balaban J connectivity index is 2.79. The van der Waals surface area contributed by atoms with Gasteiger partial charge in [-0.15, -0.1) is 0 Å². The van der Waals surface area contributed by atoms with Crippen molar-refractivity contribution in [2.75, 3.05) is 0 Å². The van der Waals surface area contributed by atoms with E-state index in [0.717, 1.165) is 11.2 Å². The molecule has 0 aliphatic heterocycles. The first-order chi connectivity index (χ1) is 7.39. The van der Waals surface area contributed by atoms with Crippen molar-refractivity contribution in [2.24, 2.45) is 5.73 Å². The fourth-order valence-electron chi connectivity index (χ4n) is 1.72. The summed E-state index contributed by atoms with van der Waals surface area (Å²) >= 11 is 0. The number of primary amides is 1. The summed E-state index contributed by atoms with van der Waals surface area (Å²) in [6.07, 6.45) is 5.24. The Morgan fingerprint density at radius 1 is 1.44 bits per heavy atom. The number of imidazole rings is 1. The number of carbonyl (C=O) groups excluding carboxylic acids is 1. The van der Waals surface area contributed by atoms with Gasteiger partial charge in [-0.25, -0.2) is 4.98 Å². The first-order valence-electron chi connectivity index (χ1n) is 5.16. The first kappa shape index (κ1) is 10.7. The largest absolute Gasteiger partial charge is 0.366 e. The zero-order valence-electron chi connectivity index (χ0n) is 9.69. The van der Waals surface area contributed by atoms with Gasteiger partial charge in [-0.2, -0.15) is 0 Å². The number of fused-ring (bicyclic) bond motifs is 1. The smallest absolute Gasteiger partial charge is 0.250 e. The summed E-state index contributed by atoms with van der Waals surface area (Å²) in [5.74, 6) is -0.416. The minimum Gasteiger partial charge on any atom is -0.366 e. The van der Waals surface area contributed by atoms with Crippen LogP contribution in [0.4, 0.5) is 0 Å². The van der Waals surface area contributed by atoms with E-state index in [-0.39, 0.29) is 5.41 Å². The molecule has 84 valence electrons. The van der Waals surface area contributed by atoms with Gasteiger partial charge in [0, 0.05) is 24.2 Å². The quantitative estimate of drug-likeness (QED) is 0.790. The lowest BCUT2D eigenvalue weighted by atomic mass is 9.87. The molecule has 2 aromatic rings. The summed E-state index contributed by atoms with van der Waals surface area (Å²) in [5.41, 5.74) is 7.65. The number of hydrogen-bond donors (Lipinski definition) is 1. The molecular formula is C12H15N3O. The van der Waals surface area contributed by atoms with E-state index < -0.39 is 5.91 Å². The van der Waals surface area contributed by atoms with Crippen molar-refractivity contribution in [1.82, 2.24) is 9.38 Å². The number of carbonyl (C=O) groups is 1. The van der Waals surface area contributed by atoms with E-state index in [1.54, 1.807) is 12.4 Å². The summed E-state index contributed by atoms with van der Waals surface area (Å²) in [4.78, 5) is 15.5. The molecule has 2 N–H and O–H groups in total. The van der Waals surface area contributed by atoms with Gasteiger partial charge in [-0.1, -0.05) is 20.8 Å². The summed E-state index contributed by atoms with van der Waals surface area (Å²) in [6.45, 7) is 6.26. The van der Waals surface area contributed by atoms with Crippen molar-refractivity contribution in [3.63, 3.8) is 0 Å². The van der Waals surface area contributed by atoms with Crippen LogP contribution in [0.1, 0.15) is 36.7 Å². The van der Waals surface area contributed by atoms with Gasteiger partial charge in [0.15, 0.2) is 0 Å². The molecule has 16 heavy (non-hydrogen) atoms. The number of rotatable bonds is 1. The molecule has 2 aromatic heterocycles. The highest BCUT2D eigenvalue weighted by Crippen LogP contribution is 2.26. The Hall–Kier alpha value is -1.84. The van der Waals surface area contributed by atoms with Gasteiger partial charge in [-0.3, -0.25) is 4.79 Å². The molecule has 4 heteroatoms. The Labute approximate surface area is 94.1 Å². The Morgan fingerprint density at radius 3 is 2.69 bits per heavy atom. The maximum Gasteiger partial charge on any atom is 0.250 e. The molecule has 4 nitrogen and oxygen atoms in total. The van der Waals surface area contributed by atoms with Crippen LogP contribution in [0.2, 0.25) is 0 Å². The highest BCUT2D eigenvalue weighted by atomic mass is 16.1. The predicted octanol–water partition coefficient (Wildman–Crippen LogP) is 1.73. The minimum absolute atomic E-state index is 0.0714. The van der Waals surface area contributed by atoms with Crippen molar-refractivity contribution in [2.45, 2.75) is 26.2 Å². The van der Waals surface area contributed by atoms with Gasteiger partial charge >= 0.3 is 0 Å². The highest BCUT2D eigenvalue weighted by molar-refractivity contribution is 5.93. The number of amides is 1. The lowest BCUT2D eigenvalue weighted by molar-refractivity contribution is 0.1000. The van der Waals surface area contributed by atoms with Crippen LogP contribution in [0.3, 0.4) is 0 Å². The highest BCUT2D eigenvalue weighted by Gasteiger charge is 2.20. The maximum absolute atomic E-state index is 11.2. The third kappa shape index (κ3) is 1.66. The average molecular weight is 217 g/mol. The van der Waals surface area contributed by atoms with Gasteiger partial charge in [0.25, 0.3) is 0 Å². The number of pyridine rings is 1. The number of nitrogens with zero attached hydrogens (tertiary/aromatic N) is 2. The fraction of sp³-hybridized carbons (Fsp3) is 0.333. The average Bonchev–Trinajstić information content (AvgIpc) is 2.61. The van der Waals surface area contributed by atoms with Crippen molar-refractivity contribution >= 4 is 11.6 Å². The molecular weight excluding hydrogens is 202 g/mol. The molecule has 0 saturated carbocycles. The summed E-state index contributed by atoms with van der Waals surface area (Å²) in [5, 5.41) is 0. The van der Waals surface area contributed by atoms with E-state index in [9.17, 15) is 4.79 Å². The van der Waals surface area contributed by atoms with E-state index in [1.807, 2.05) is 16.7 Å². The molecule has 0 aliphatic carbocycles. The summed E-state index contributed by atoms with van der Waals surface area (Å²) in [6, 6.07) is 1.82. The van der Waals surface area contributed by atoms with Crippen molar-refractivity contribution in [3.05, 3.63) is 35.8 Å². The zero-order valence-corrected chi connectivity index (χ0v) is 9.69. The maximum atomic E-state index is 11.2. The van der Waals surface area contributed by atoms with Crippen LogP contribution in [0, 0.1) is 0 Å². The van der Waals surface area contributed by atoms with Gasteiger partial charge in [0.2, 0.25) is 5.91 Å². The second-order valence-corrected chi connectivity index (χ2v) is 4.91. The Kier molecular flexibility index (Phi) is 2.22. The molecule has 0 atom stereocenters. The van der Waals surface area contributed by atoms with E-state index in [1.165, 1.54) is 0 Å². The molecule has 0 spiro atoms. The van der Waals surface area contributed by atoms with E-state index in [2.05, 4.69) is 25.8 Å². The Bertz CT molecular complexity index is 549. The SMILES string of the molecule is CC(C)(C)c1cc(C(N)=O)cn2ccnc12. The van der Waals surface area contributed by atoms with Crippen molar-refractivity contribution in [1.29, 1.82) is 0 Å². The third-order valence-corrected chi connectivity index (χ3v) is 2.58. The predicted molar refractivity (Wildman–Crippen MR) is 62.4 cm³/mol. The molecule has 0 radical (unpaired) electrons. The van der Waals surface area contributed by atoms with Gasteiger partial charge in [0.05, 0.1) is 5.56 Å². The molecule has 0 bridgehead atoms. The molecule has 0 saturated heterocycles. The third-order valence-electron chi connectivity index (χ3n) is 2.58. The number of hydrogen-bond acceptors (Lipinski definition) is 2. The number of nitrogens with two attached hydrogens (primary N) is 1. The topological polar surface area (TPSA) is 60.4 Å².